The Balaban J connectivity index is 2.14. The van der Waals surface area contributed by atoms with E-state index in [1.54, 1.807) is 45.2 Å². The molecule has 0 atom stereocenters. The molecule has 0 unspecified atom stereocenters. The molecule has 1 heterocycles. The molecule has 0 aliphatic heterocycles. The van der Waals surface area contributed by atoms with E-state index in [2.05, 4.69) is 9.97 Å². The molecule has 0 spiro atoms. The van der Waals surface area contributed by atoms with Gasteiger partial charge in [0.15, 0.2) is 5.60 Å². The van der Waals surface area contributed by atoms with Gasteiger partial charge in [0.2, 0.25) is 5.95 Å². The zero-order valence-corrected chi connectivity index (χ0v) is 12.9. The van der Waals surface area contributed by atoms with Crippen molar-refractivity contribution in [3.63, 3.8) is 0 Å². The molecule has 6 nitrogen and oxygen atoms in total. The van der Waals surface area contributed by atoms with Crippen molar-refractivity contribution in [3.05, 3.63) is 36.5 Å². The Bertz CT molecular complexity index is 654. The minimum absolute atomic E-state index is 0.223. The Morgan fingerprint density at radius 3 is 2.50 bits per heavy atom. The summed E-state index contributed by atoms with van der Waals surface area (Å²) in [5, 5.41) is 0. The van der Waals surface area contributed by atoms with Gasteiger partial charge in [0.25, 0.3) is 0 Å². The molecule has 2 aromatic rings. The Kier molecular flexibility index (Phi) is 4.60. The Labute approximate surface area is 129 Å². The molecule has 0 aliphatic carbocycles. The lowest BCUT2D eigenvalue weighted by atomic mass is 10.1. The Hall–Kier alpha value is -2.63. The molecular weight excluding hydrogens is 282 g/mol. The third kappa shape index (κ3) is 3.72. The molecule has 0 saturated carbocycles. The summed E-state index contributed by atoms with van der Waals surface area (Å²) < 4.78 is 10.7. The van der Waals surface area contributed by atoms with E-state index in [4.69, 9.17) is 15.2 Å². The number of nitrogens with two attached hydrogens (primary N) is 1. The Morgan fingerprint density at radius 1 is 1.23 bits per heavy atom. The average molecular weight is 301 g/mol. The number of ether oxygens (including phenoxy) is 2. The standard InChI is InChI=1S/C16H19N3O3/c1-4-21-14(20)16(2,3)22-12-7-5-11(6-8-12)13-9-10-18-15(17)19-13/h5-10H,4H2,1-3H3,(H2,17,18,19). The van der Waals surface area contributed by atoms with Crippen molar-refractivity contribution in [2.45, 2.75) is 26.4 Å². The fourth-order valence-corrected chi connectivity index (χ4v) is 1.87. The first-order valence-corrected chi connectivity index (χ1v) is 6.97. The maximum atomic E-state index is 11.8. The van der Waals surface area contributed by atoms with E-state index in [1.165, 1.54) is 0 Å². The van der Waals surface area contributed by atoms with Crippen molar-refractivity contribution < 1.29 is 14.3 Å². The van der Waals surface area contributed by atoms with Crippen LogP contribution >= 0.6 is 0 Å². The molecule has 1 aromatic carbocycles. The maximum absolute atomic E-state index is 11.8. The number of aromatic nitrogens is 2. The van der Waals surface area contributed by atoms with E-state index in [0.29, 0.717) is 12.4 Å². The van der Waals surface area contributed by atoms with E-state index in [9.17, 15) is 4.79 Å². The zero-order chi connectivity index (χ0) is 16.2. The van der Waals surface area contributed by atoms with Gasteiger partial charge in [0.1, 0.15) is 5.75 Å². The van der Waals surface area contributed by atoms with Gasteiger partial charge in [-0.3, -0.25) is 0 Å². The summed E-state index contributed by atoms with van der Waals surface area (Å²) in [6, 6.07) is 9.01. The first kappa shape index (κ1) is 15.8. The van der Waals surface area contributed by atoms with Crippen LogP contribution in [0.5, 0.6) is 5.75 Å². The number of carbonyl (C=O) groups excluding carboxylic acids is 1. The van der Waals surface area contributed by atoms with Crippen LogP contribution in [0.4, 0.5) is 5.95 Å². The summed E-state index contributed by atoms with van der Waals surface area (Å²) in [6.07, 6.45) is 1.60. The van der Waals surface area contributed by atoms with Crippen molar-refractivity contribution in [2.75, 3.05) is 12.3 Å². The van der Waals surface area contributed by atoms with Crippen LogP contribution in [0.3, 0.4) is 0 Å². The molecule has 2 rings (SSSR count). The lowest BCUT2D eigenvalue weighted by Crippen LogP contribution is -2.39. The van der Waals surface area contributed by atoms with Gasteiger partial charge in [0, 0.05) is 11.8 Å². The summed E-state index contributed by atoms with van der Waals surface area (Å²) >= 11 is 0. The van der Waals surface area contributed by atoms with E-state index >= 15 is 0 Å². The fourth-order valence-electron chi connectivity index (χ4n) is 1.87. The minimum atomic E-state index is -1.04. The van der Waals surface area contributed by atoms with Gasteiger partial charge in [-0.25, -0.2) is 14.8 Å². The fraction of sp³-hybridized carbons (Fsp3) is 0.312. The van der Waals surface area contributed by atoms with Crippen LogP contribution in [-0.2, 0) is 9.53 Å². The van der Waals surface area contributed by atoms with Crippen LogP contribution in [0, 0.1) is 0 Å². The van der Waals surface area contributed by atoms with Crippen molar-refractivity contribution in [1.82, 2.24) is 9.97 Å². The molecule has 0 radical (unpaired) electrons. The lowest BCUT2D eigenvalue weighted by Gasteiger charge is -2.24. The smallest absolute Gasteiger partial charge is 0.349 e. The number of benzene rings is 1. The van der Waals surface area contributed by atoms with Crippen LogP contribution < -0.4 is 10.5 Å². The number of nitrogen functional groups attached to an aromatic ring is 1. The van der Waals surface area contributed by atoms with Crippen LogP contribution in [0.2, 0.25) is 0 Å². The van der Waals surface area contributed by atoms with Gasteiger partial charge >= 0.3 is 5.97 Å². The predicted molar refractivity (Wildman–Crippen MR) is 83.2 cm³/mol. The number of hydrogen-bond acceptors (Lipinski definition) is 6. The molecule has 0 fully saturated rings. The first-order chi connectivity index (χ1) is 10.4. The topological polar surface area (TPSA) is 87.3 Å². The number of rotatable bonds is 5. The van der Waals surface area contributed by atoms with E-state index in [0.717, 1.165) is 11.3 Å². The lowest BCUT2D eigenvalue weighted by molar-refractivity contribution is -0.158. The van der Waals surface area contributed by atoms with Crippen LogP contribution in [0.15, 0.2) is 36.5 Å². The van der Waals surface area contributed by atoms with Gasteiger partial charge in [-0.15, -0.1) is 0 Å². The quantitative estimate of drug-likeness (QED) is 0.853. The molecule has 6 heteroatoms. The van der Waals surface area contributed by atoms with E-state index < -0.39 is 11.6 Å². The average Bonchev–Trinajstić information content (AvgIpc) is 2.48. The molecule has 0 saturated heterocycles. The molecule has 0 amide bonds. The van der Waals surface area contributed by atoms with Gasteiger partial charge in [-0.05, 0) is 51.1 Å². The second kappa shape index (κ2) is 6.43. The molecular formula is C16H19N3O3. The summed E-state index contributed by atoms with van der Waals surface area (Å²) in [4.78, 5) is 19.8. The maximum Gasteiger partial charge on any atom is 0.349 e. The monoisotopic (exact) mass is 301 g/mol. The summed E-state index contributed by atoms with van der Waals surface area (Å²) in [6.45, 7) is 5.42. The second-order valence-corrected chi connectivity index (χ2v) is 5.16. The minimum Gasteiger partial charge on any atom is -0.476 e. The third-order valence-corrected chi connectivity index (χ3v) is 2.96. The van der Waals surface area contributed by atoms with Gasteiger partial charge < -0.3 is 15.2 Å². The van der Waals surface area contributed by atoms with Crippen molar-refractivity contribution in [1.29, 1.82) is 0 Å². The number of anilines is 1. The van der Waals surface area contributed by atoms with Gasteiger partial charge in [0.05, 0.1) is 12.3 Å². The molecule has 0 bridgehead atoms. The van der Waals surface area contributed by atoms with E-state index in [1.807, 2.05) is 12.1 Å². The largest absolute Gasteiger partial charge is 0.476 e. The van der Waals surface area contributed by atoms with Crippen LogP contribution in [0.25, 0.3) is 11.3 Å². The van der Waals surface area contributed by atoms with Crippen molar-refractivity contribution in [3.8, 4) is 17.0 Å². The van der Waals surface area contributed by atoms with Gasteiger partial charge in [-0.1, -0.05) is 0 Å². The highest BCUT2D eigenvalue weighted by Gasteiger charge is 2.31. The third-order valence-electron chi connectivity index (χ3n) is 2.96. The molecule has 2 N–H and O–H groups in total. The molecule has 0 aliphatic rings. The summed E-state index contributed by atoms with van der Waals surface area (Å²) in [5.41, 5.74) is 6.14. The van der Waals surface area contributed by atoms with Crippen molar-refractivity contribution in [2.24, 2.45) is 0 Å². The molecule has 116 valence electrons. The number of esters is 1. The SMILES string of the molecule is CCOC(=O)C(C)(C)Oc1ccc(-c2ccnc(N)n2)cc1. The first-order valence-electron chi connectivity index (χ1n) is 6.97. The van der Waals surface area contributed by atoms with Crippen molar-refractivity contribution >= 4 is 11.9 Å². The molecule has 1 aromatic heterocycles. The van der Waals surface area contributed by atoms with Gasteiger partial charge in [-0.2, -0.15) is 0 Å². The predicted octanol–water partition coefficient (Wildman–Crippen LogP) is 2.45. The highest BCUT2D eigenvalue weighted by Crippen LogP contribution is 2.24. The summed E-state index contributed by atoms with van der Waals surface area (Å²) in [7, 11) is 0. The Morgan fingerprint density at radius 2 is 1.91 bits per heavy atom. The second-order valence-electron chi connectivity index (χ2n) is 5.16. The van der Waals surface area contributed by atoms with Crippen LogP contribution in [0.1, 0.15) is 20.8 Å². The highest BCUT2D eigenvalue weighted by atomic mass is 16.6. The highest BCUT2D eigenvalue weighted by molar-refractivity contribution is 5.79. The number of carbonyl (C=O) groups is 1. The number of hydrogen-bond donors (Lipinski definition) is 1. The summed E-state index contributed by atoms with van der Waals surface area (Å²) in [5.74, 6) is 0.396. The normalized spacial score (nSPS) is 11.0. The molecule has 22 heavy (non-hydrogen) atoms. The van der Waals surface area contributed by atoms with Crippen LogP contribution in [-0.4, -0.2) is 28.1 Å². The number of nitrogens with zero attached hydrogens (tertiary/aromatic N) is 2. The zero-order valence-electron chi connectivity index (χ0n) is 12.9. The van der Waals surface area contributed by atoms with E-state index in [-0.39, 0.29) is 5.95 Å².